The predicted octanol–water partition coefficient (Wildman–Crippen LogP) is 2.22. The minimum absolute atomic E-state index is 0.0774. The van der Waals surface area contributed by atoms with Gasteiger partial charge < -0.3 is 4.57 Å². The number of imidazole rings is 1. The Hall–Kier alpha value is -1.94. The van der Waals surface area contributed by atoms with Crippen molar-refractivity contribution in [1.82, 2.24) is 23.6 Å². The lowest BCUT2D eigenvalue weighted by atomic mass is 10.3. The van der Waals surface area contributed by atoms with Gasteiger partial charge in [0.25, 0.3) is 5.56 Å². The topological polar surface area (TPSA) is 90.1 Å². The van der Waals surface area contributed by atoms with Gasteiger partial charge in [0.05, 0.1) is 27.1 Å². The van der Waals surface area contributed by atoms with Gasteiger partial charge in [-0.1, -0.05) is 23.2 Å². The molecule has 2 aromatic heterocycles. The van der Waals surface area contributed by atoms with Crippen LogP contribution in [0.3, 0.4) is 0 Å². The van der Waals surface area contributed by atoms with Gasteiger partial charge in [-0.15, -0.1) is 0 Å². The molecule has 0 fully saturated rings. The zero-order valence-electron chi connectivity index (χ0n) is 14.8. The van der Waals surface area contributed by atoms with Crippen molar-refractivity contribution < 1.29 is 8.42 Å². The van der Waals surface area contributed by atoms with Crippen LogP contribution in [0.5, 0.6) is 0 Å². The van der Waals surface area contributed by atoms with E-state index < -0.39 is 15.6 Å². The molecule has 0 aliphatic carbocycles. The molecule has 0 aliphatic rings. The molecule has 3 rings (SSSR count). The summed E-state index contributed by atoms with van der Waals surface area (Å²) in [6.45, 7) is 2.59. The summed E-state index contributed by atoms with van der Waals surface area (Å²) in [4.78, 5) is 16.9. The Balaban J connectivity index is 2.12. The lowest BCUT2D eigenvalue weighted by Gasteiger charge is -2.11. The number of rotatable bonds is 5. The van der Waals surface area contributed by atoms with Crippen molar-refractivity contribution >= 4 is 44.3 Å². The van der Waals surface area contributed by atoms with Crippen LogP contribution in [0.15, 0.2) is 34.1 Å². The Morgan fingerprint density at radius 3 is 2.56 bits per heavy atom. The summed E-state index contributed by atoms with van der Waals surface area (Å²) < 4.78 is 28.9. The first-order chi connectivity index (χ1) is 12.7. The van der Waals surface area contributed by atoms with Gasteiger partial charge in [-0.2, -0.15) is 5.10 Å². The molecule has 11 heteroatoms. The number of nitrogens with zero attached hydrogens (tertiary/aromatic N) is 5. The summed E-state index contributed by atoms with van der Waals surface area (Å²) in [7, 11) is -0.630. The van der Waals surface area contributed by atoms with Gasteiger partial charge in [0.2, 0.25) is 10.0 Å². The summed E-state index contributed by atoms with van der Waals surface area (Å²) >= 11 is 11.7. The zero-order valence-corrected chi connectivity index (χ0v) is 17.2. The second-order valence-electron chi connectivity index (χ2n) is 5.98. The summed E-state index contributed by atoms with van der Waals surface area (Å²) in [5, 5.41) is 3.97. The number of aromatic nitrogens is 4. The van der Waals surface area contributed by atoms with Gasteiger partial charge in [-0.25, -0.2) is 22.4 Å². The van der Waals surface area contributed by atoms with E-state index in [2.05, 4.69) is 10.1 Å². The van der Waals surface area contributed by atoms with Crippen LogP contribution in [-0.2, 0) is 23.1 Å². The Morgan fingerprint density at radius 1 is 1.22 bits per heavy atom. The first-order valence-corrected chi connectivity index (χ1v) is 10.2. The Labute approximate surface area is 166 Å². The summed E-state index contributed by atoms with van der Waals surface area (Å²) in [5.41, 5.74) is 0.760. The standard InChI is InChI=1S/C16H17Cl2N5O3S/c1-4-22-13-6-5-10(27(25,26)21(2)3)7-12(13)20-14(22)9-23-16(24)15(18)11(17)8-19-23/h5-8H,4,9H2,1-3H3. The third-order valence-electron chi connectivity index (χ3n) is 4.13. The van der Waals surface area contributed by atoms with E-state index in [1.54, 1.807) is 12.1 Å². The van der Waals surface area contributed by atoms with E-state index in [1.165, 1.54) is 31.0 Å². The maximum absolute atomic E-state index is 12.4. The zero-order chi connectivity index (χ0) is 19.9. The molecule has 0 aliphatic heterocycles. The Morgan fingerprint density at radius 2 is 1.93 bits per heavy atom. The minimum atomic E-state index is -3.57. The van der Waals surface area contributed by atoms with Crippen molar-refractivity contribution in [2.24, 2.45) is 0 Å². The molecule has 27 heavy (non-hydrogen) atoms. The molecule has 0 bridgehead atoms. The van der Waals surface area contributed by atoms with Crippen molar-refractivity contribution in [2.45, 2.75) is 24.9 Å². The summed E-state index contributed by atoms with van der Waals surface area (Å²) in [5.74, 6) is 0.555. The molecule has 1 aromatic carbocycles. The number of sulfonamides is 1. The van der Waals surface area contributed by atoms with Crippen LogP contribution in [0.2, 0.25) is 10.0 Å². The number of aryl methyl sites for hydroxylation is 1. The Bertz CT molecular complexity index is 1180. The number of halogens is 2. The van der Waals surface area contributed by atoms with Gasteiger partial charge in [0.15, 0.2) is 0 Å². The van der Waals surface area contributed by atoms with Crippen LogP contribution in [0.4, 0.5) is 0 Å². The predicted molar refractivity (Wildman–Crippen MR) is 104 cm³/mol. The number of fused-ring (bicyclic) bond motifs is 1. The molecule has 0 unspecified atom stereocenters. The van der Waals surface area contributed by atoms with Gasteiger partial charge in [0.1, 0.15) is 17.4 Å². The SMILES string of the molecule is CCn1c(Cn2ncc(Cl)c(Cl)c2=O)nc2cc(S(=O)(=O)N(C)C)ccc21. The lowest BCUT2D eigenvalue weighted by molar-refractivity contribution is 0.521. The highest BCUT2D eigenvalue weighted by atomic mass is 35.5. The third kappa shape index (κ3) is 3.47. The van der Waals surface area contributed by atoms with Crippen molar-refractivity contribution in [3.63, 3.8) is 0 Å². The molecule has 3 aromatic rings. The maximum Gasteiger partial charge on any atom is 0.287 e. The number of benzene rings is 1. The largest absolute Gasteiger partial charge is 0.327 e. The van der Waals surface area contributed by atoms with Gasteiger partial charge >= 0.3 is 0 Å². The molecule has 0 atom stereocenters. The third-order valence-corrected chi connectivity index (χ3v) is 6.69. The quantitative estimate of drug-likeness (QED) is 0.619. The fourth-order valence-electron chi connectivity index (χ4n) is 2.70. The summed E-state index contributed by atoms with van der Waals surface area (Å²) in [6, 6.07) is 4.76. The van der Waals surface area contributed by atoms with Crippen molar-refractivity contribution in [1.29, 1.82) is 0 Å². The van der Waals surface area contributed by atoms with Crippen molar-refractivity contribution in [3.8, 4) is 0 Å². The van der Waals surface area contributed by atoms with Crippen LogP contribution in [-0.4, -0.2) is 46.1 Å². The summed E-state index contributed by atoms with van der Waals surface area (Å²) in [6.07, 6.45) is 1.30. The maximum atomic E-state index is 12.4. The van der Waals surface area contributed by atoms with Crippen LogP contribution in [0.1, 0.15) is 12.7 Å². The van der Waals surface area contributed by atoms with E-state index in [0.29, 0.717) is 17.9 Å². The molecule has 2 heterocycles. The van der Waals surface area contributed by atoms with Crippen molar-refractivity contribution in [3.05, 3.63) is 50.6 Å². The van der Waals surface area contributed by atoms with Crippen molar-refractivity contribution in [2.75, 3.05) is 14.1 Å². The molecular weight excluding hydrogens is 413 g/mol. The van der Waals surface area contributed by atoms with E-state index in [1.807, 2.05) is 11.5 Å². The molecule has 0 saturated heterocycles. The monoisotopic (exact) mass is 429 g/mol. The van der Waals surface area contributed by atoms with Crippen LogP contribution in [0, 0.1) is 0 Å². The molecule has 0 saturated carbocycles. The molecule has 0 amide bonds. The molecule has 144 valence electrons. The number of hydrogen-bond donors (Lipinski definition) is 0. The second-order valence-corrected chi connectivity index (χ2v) is 8.92. The van der Waals surface area contributed by atoms with E-state index in [4.69, 9.17) is 23.2 Å². The molecule has 0 spiro atoms. The average molecular weight is 430 g/mol. The van der Waals surface area contributed by atoms with Crippen LogP contribution < -0.4 is 5.56 Å². The fraction of sp³-hybridized carbons (Fsp3) is 0.312. The highest BCUT2D eigenvalue weighted by molar-refractivity contribution is 7.89. The first-order valence-electron chi connectivity index (χ1n) is 7.99. The molecular formula is C16H17Cl2N5O3S. The highest BCUT2D eigenvalue weighted by Crippen LogP contribution is 2.22. The van der Waals surface area contributed by atoms with Gasteiger partial charge in [0, 0.05) is 20.6 Å². The fourth-order valence-corrected chi connectivity index (χ4v) is 3.89. The normalized spacial score (nSPS) is 12.2. The van der Waals surface area contributed by atoms with E-state index in [-0.39, 0.29) is 21.5 Å². The second kappa shape index (κ2) is 7.23. The average Bonchev–Trinajstić information content (AvgIpc) is 2.98. The van der Waals surface area contributed by atoms with Crippen LogP contribution in [0.25, 0.3) is 11.0 Å². The molecule has 0 radical (unpaired) electrons. The minimum Gasteiger partial charge on any atom is -0.327 e. The van der Waals surface area contributed by atoms with Crippen LogP contribution >= 0.6 is 23.2 Å². The molecule has 8 nitrogen and oxygen atoms in total. The van der Waals surface area contributed by atoms with Gasteiger partial charge in [-0.3, -0.25) is 4.79 Å². The Kier molecular flexibility index (Phi) is 5.31. The van der Waals surface area contributed by atoms with E-state index in [0.717, 1.165) is 9.82 Å². The first kappa shape index (κ1) is 19.8. The van der Waals surface area contributed by atoms with E-state index in [9.17, 15) is 13.2 Å². The van der Waals surface area contributed by atoms with Gasteiger partial charge in [-0.05, 0) is 25.1 Å². The lowest BCUT2D eigenvalue weighted by Crippen LogP contribution is -2.25. The van der Waals surface area contributed by atoms with E-state index >= 15 is 0 Å². The molecule has 0 N–H and O–H groups in total. The number of hydrogen-bond acceptors (Lipinski definition) is 5. The smallest absolute Gasteiger partial charge is 0.287 e. The highest BCUT2D eigenvalue weighted by Gasteiger charge is 2.20.